The maximum absolute atomic E-state index is 5.92. The number of para-hydroxylation sites is 1. The average molecular weight is 329 g/mol. The van der Waals surface area contributed by atoms with Crippen molar-refractivity contribution in [3.63, 3.8) is 0 Å². The molecule has 2 fully saturated rings. The molecule has 5 nitrogen and oxygen atoms in total. The fraction of sp³-hybridized carbons (Fsp3) is 0.632. The maximum Gasteiger partial charge on any atom is 0.188 e. The van der Waals surface area contributed by atoms with Crippen molar-refractivity contribution >= 4 is 11.6 Å². The van der Waals surface area contributed by atoms with Crippen molar-refractivity contribution in [2.45, 2.75) is 25.7 Å². The van der Waals surface area contributed by atoms with E-state index in [2.05, 4.69) is 50.4 Å². The van der Waals surface area contributed by atoms with Crippen molar-refractivity contribution in [3.05, 3.63) is 30.3 Å². The number of guanidine groups is 1. The van der Waals surface area contributed by atoms with Crippen LogP contribution in [0.2, 0.25) is 0 Å². The molecule has 3 rings (SSSR count). The van der Waals surface area contributed by atoms with Crippen LogP contribution < -0.4 is 16.0 Å². The Labute approximate surface area is 145 Å². The van der Waals surface area contributed by atoms with E-state index < -0.39 is 0 Å². The molecule has 1 saturated heterocycles. The van der Waals surface area contributed by atoms with Crippen molar-refractivity contribution in [1.29, 1.82) is 0 Å². The van der Waals surface area contributed by atoms with Crippen LogP contribution in [0, 0.1) is 5.92 Å². The van der Waals surface area contributed by atoms with Gasteiger partial charge in [0.1, 0.15) is 0 Å². The molecule has 0 amide bonds. The zero-order valence-corrected chi connectivity index (χ0v) is 14.7. The van der Waals surface area contributed by atoms with E-state index in [4.69, 9.17) is 5.73 Å². The van der Waals surface area contributed by atoms with E-state index in [9.17, 15) is 0 Å². The van der Waals surface area contributed by atoms with Gasteiger partial charge >= 0.3 is 0 Å². The molecule has 0 aromatic heterocycles. The van der Waals surface area contributed by atoms with Crippen LogP contribution in [0.5, 0.6) is 0 Å². The smallest absolute Gasteiger partial charge is 0.188 e. The van der Waals surface area contributed by atoms with Gasteiger partial charge in [-0.25, -0.2) is 0 Å². The standard InChI is InChI=1S/C19H31N5/c20-19(22-16-17-6-4-7-17)21-10-5-11-23-12-14-24(15-13-23)18-8-2-1-3-9-18/h1-3,8-9,17H,4-7,10-16H2,(H3,20,21,22). The first-order valence-electron chi connectivity index (χ1n) is 9.37. The lowest BCUT2D eigenvalue weighted by Gasteiger charge is -2.36. The Morgan fingerprint density at radius 1 is 1.12 bits per heavy atom. The predicted octanol–water partition coefficient (Wildman–Crippen LogP) is 1.90. The van der Waals surface area contributed by atoms with Crippen LogP contribution in [0.15, 0.2) is 35.3 Å². The molecule has 0 bridgehead atoms. The molecule has 0 unspecified atom stereocenters. The lowest BCUT2D eigenvalue weighted by atomic mass is 9.86. The fourth-order valence-corrected chi connectivity index (χ4v) is 3.35. The maximum atomic E-state index is 5.92. The summed E-state index contributed by atoms with van der Waals surface area (Å²) in [6.07, 6.45) is 5.13. The molecule has 24 heavy (non-hydrogen) atoms. The lowest BCUT2D eigenvalue weighted by molar-refractivity contribution is 0.255. The monoisotopic (exact) mass is 329 g/mol. The second kappa shape index (κ2) is 8.92. The number of benzene rings is 1. The average Bonchev–Trinajstić information content (AvgIpc) is 2.59. The van der Waals surface area contributed by atoms with Crippen LogP contribution in [0.25, 0.3) is 0 Å². The molecule has 2 aliphatic rings. The molecular formula is C19H31N5. The zero-order chi connectivity index (χ0) is 16.6. The number of nitrogens with zero attached hydrogens (tertiary/aromatic N) is 3. The van der Waals surface area contributed by atoms with Gasteiger partial charge in [-0.05, 0) is 43.9 Å². The van der Waals surface area contributed by atoms with E-state index in [0.717, 1.165) is 58.2 Å². The highest BCUT2D eigenvalue weighted by atomic mass is 15.3. The Morgan fingerprint density at radius 3 is 2.54 bits per heavy atom. The molecule has 1 saturated carbocycles. The number of rotatable bonds is 7. The van der Waals surface area contributed by atoms with Gasteiger partial charge in [-0.15, -0.1) is 0 Å². The van der Waals surface area contributed by atoms with E-state index in [1.165, 1.54) is 24.9 Å². The molecule has 1 aliphatic heterocycles. The number of hydrogen-bond acceptors (Lipinski definition) is 3. The van der Waals surface area contributed by atoms with E-state index in [1.54, 1.807) is 0 Å². The Bertz CT molecular complexity index is 504. The van der Waals surface area contributed by atoms with Crippen LogP contribution in [0.1, 0.15) is 25.7 Å². The van der Waals surface area contributed by atoms with Gasteiger partial charge < -0.3 is 16.0 Å². The van der Waals surface area contributed by atoms with Gasteiger partial charge in [0, 0.05) is 45.0 Å². The Morgan fingerprint density at radius 2 is 1.88 bits per heavy atom. The Kier molecular flexibility index (Phi) is 6.35. The first-order chi connectivity index (χ1) is 11.8. The Balaban J connectivity index is 1.27. The van der Waals surface area contributed by atoms with Gasteiger partial charge in [0.05, 0.1) is 0 Å². The largest absolute Gasteiger partial charge is 0.370 e. The SMILES string of the molecule is NC(=NCC1CCC1)NCCCN1CCN(c2ccccc2)CC1. The second-order valence-electron chi connectivity index (χ2n) is 6.97. The molecule has 1 aromatic rings. The first-order valence-corrected chi connectivity index (χ1v) is 9.37. The molecule has 132 valence electrons. The quantitative estimate of drug-likeness (QED) is 0.456. The Hall–Kier alpha value is -1.75. The summed E-state index contributed by atoms with van der Waals surface area (Å²) >= 11 is 0. The van der Waals surface area contributed by atoms with E-state index in [0.29, 0.717) is 5.96 Å². The van der Waals surface area contributed by atoms with Crippen molar-refractivity contribution in [2.75, 3.05) is 50.7 Å². The van der Waals surface area contributed by atoms with Crippen molar-refractivity contribution in [1.82, 2.24) is 10.2 Å². The molecular weight excluding hydrogens is 298 g/mol. The molecule has 3 N–H and O–H groups in total. The number of anilines is 1. The highest BCUT2D eigenvalue weighted by Crippen LogP contribution is 2.26. The molecule has 0 radical (unpaired) electrons. The number of aliphatic imine (C=N–C) groups is 1. The molecule has 5 heteroatoms. The van der Waals surface area contributed by atoms with Gasteiger partial charge in [0.2, 0.25) is 0 Å². The molecule has 1 heterocycles. The first kappa shape index (κ1) is 17.1. The number of piperazine rings is 1. The van der Waals surface area contributed by atoms with E-state index >= 15 is 0 Å². The number of nitrogens with two attached hydrogens (primary N) is 1. The summed E-state index contributed by atoms with van der Waals surface area (Å²) in [6.45, 7) is 7.45. The van der Waals surface area contributed by atoms with Crippen LogP contribution >= 0.6 is 0 Å². The third-order valence-corrected chi connectivity index (χ3v) is 5.20. The van der Waals surface area contributed by atoms with Crippen LogP contribution in [0.4, 0.5) is 5.69 Å². The summed E-state index contributed by atoms with van der Waals surface area (Å²) < 4.78 is 0. The summed E-state index contributed by atoms with van der Waals surface area (Å²) in [7, 11) is 0. The molecule has 0 spiro atoms. The minimum Gasteiger partial charge on any atom is -0.370 e. The van der Waals surface area contributed by atoms with Gasteiger partial charge in [0.25, 0.3) is 0 Å². The third-order valence-electron chi connectivity index (χ3n) is 5.20. The summed E-state index contributed by atoms with van der Waals surface area (Å²) in [4.78, 5) is 9.45. The highest BCUT2D eigenvalue weighted by Gasteiger charge is 2.17. The van der Waals surface area contributed by atoms with Gasteiger partial charge in [-0.3, -0.25) is 9.89 Å². The van der Waals surface area contributed by atoms with Crippen LogP contribution in [0.3, 0.4) is 0 Å². The van der Waals surface area contributed by atoms with Crippen molar-refractivity contribution < 1.29 is 0 Å². The number of nitrogens with one attached hydrogen (secondary N) is 1. The topological polar surface area (TPSA) is 56.9 Å². The highest BCUT2D eigenvalue weighted by molar-refractivity contribution is 5.77. The molecule has 0 atom stereocenters. The summed E-state index contributed by atoms with van der Waals surface area (Å²) in [5, 5.41) is 3.25. The minimum absolute atomic E-state index is 0.621. The summed E-state index contributed by atoms with van der Waals surface area (Å²) in [5.74, 6) is 1.40. The predicted molar refractivity (Wildman–Crippen MR) is 102 cm³/mol. The van der Waals surface area contributed by atoms with Crippen LogP contribution in [-0.4, -0.2) is 56.7 Å². The molecule has 1 aliphatic carbocycles. The van der Waals surface area contributed by atoms with Crippen molar-refractivity contribution in [2.24, 2.45) is 16.6 Å². The summed E-state index contributed by atoms with van der Waals surface area (Å²) in [5.41, 5.74) is 7.26. The van der Waals surface area contributed by atoms with Gasteiger partial charge in [-0.1, -0.05) is 24.6 Å². The normalized spacial score (nSPS) is 20.0. The zero-order valence-electron chi connectivity index (χ0n) is 14.7. The fourth-order valence-electron chi connectivity index (χ4n) is 3.35. The van der Waals surface area contributed by atoms with Gasteiger partial charge in [0.15, 0.2) is 5.96 Å². The van der Waals surface area contributed by atoms with Gasteiger partial charge in [-0.2, -0.15) is 0 Å². The second-order valence-corrected chi connectivity index (χ2v) is 6.97. The van der Waals surface area contributed by atoms with Crippen LogP contribution in [-0.2, 0) is 0 Å². The lowest BCUT2D eigenvalue weighted by Crippen LogP contribution is -2.47. The molecule has 1 aromatic carbocycles. The minimum atomic E-state index is 0.621. The van der Waals surface area contributed by atoms with E-state index in [-0.39, 0.29) is 0 Å². The van der Waals surface area contributed by atoms with Crippen molar-refractivity contribution in [3.8, 4) is 0 Å². The number of hydrogen-bond donors (Lipinski definition) is 2. The third kappa shape index (κ3) is 5.13. The van der Waals surface area contributed by atoms with E-state index in [1.807, 2.05) is 0 Å². The summed E-state index contributed by atoms with van der Waals surface area (Å²) in [6, 6.07) is 10.7.